The van der Waals surface area contributed by atoms with Crippen molar-refractivity contribution >= 4 is 13.5 Å². The van der Waals surface area contributed by atoms with Gasteiger partial charge in [0, 0.05) is 0 Å². The van der Waals surface area contributed by atoms with Crippen molar-refractivity contribution in [3.63, 3.8) is 0 Å². The fourth-order valence-electron chi connectivity index (χ4n) is 1.24. The molecule has 8 heteroatoms. The summed E-state index contributed by atoms with van der Waals surface area (Å²) in [6, 6.07) is 8.82. The van der Waals surface area contributed by atoms with Gasteiger partial charge in [-0.3, -0.25) is 10.0 Å². The Morgan fingerprint density at radius 3 is 2.47 bits per heavy atom. The minimum atomic E-state index is -4.50. The molecule has 0 fully saturated rings. The van der Waals surface area contributed by atoms with E-state index in [1.54, 1.807) is 30.3 Å². The smallest absolute Gasteiger partial charge is 0.776 e. The first-order valence-electron chi connectivity index (χ1n) is 5.13. The average molecular weight is 293 g/mol. The molecule has 1 unspecified atom stereocenters. The number of amides is 1. The Labute approximate surface area is 133 Å². The van der Waals surface area contributed by atoms with Crippen molar-refractivity contribution in [1.82, 2.24) is 5.06 Å². The molecule has 0 aliphatic rings. The van der Waals surface area contributed by atoms with Crippen molar-refractivity contribution in [2.75, 3.05) is 6.54 Å². The number of rotatable bonds is 5. The van der Waals surface area contributed by atoms with E-state index in [9.17, 15) is 19.5 Å². The summed E-state index contributed by atoms with van der Waals surface area (Å²) in [5.74, 6) is -0.0315. The number of carbonyl (C=O) groups is 1. The molecule has 1 aromatic rings. The van der Waals surface area contributed by atoms with Gasteiger partial charge in [0.05, 0.1) is 13.0 Å². The van der Waals surface area contributed by atoms with E-state index < -0.39 is 13.5 Å². The Morgan fingerprint density at radius 1 is 1.37 bits per heavy atom. The van der Waals surface area contributed by atoms with E-state index in [4.69, 9.17) is 4.89 Å². The normalized spacial score (nSPS) is 13.6. The molecule has 0 aromatic heterocycles. The summed E-state index contributed by atoms with van der Waals surface area (Å²) in [6.45, 7) is -0.307. The largest absolute Gasteiger partial charge is 1.00 e. The molecule has 0 aliphatic heterocycles. The number of carbonyl (C=O) groups excluding carboxylic acids is 1. The third-order valence-electron chi connectivity index (χ3n) is 2.06. The third-order valence-corrected chi connectivity index (χ3v) is 2.65. The monoisotopic (exact) mass is 293 g/mol. The zero-order valence-corrected chi connectivity index (χ0v) is 13.4. The fourth-order valence-corrected chi connectivity index (χ4v) is 1.60. The number of hydrogen-bond acceptors (Lipinski definition) is 4. The molecule has 2 N–H and O–H groups in total. The van der Waals surface area contributed by atoms with E-state index in [-0.39, 0.29) is 42.5 Å². The molecule has 1 rings (SSSR count). The van der Waals surface area contributed by atoms with Gasteiger partial charge in [-0.15, -0.1) is 0 Å². The predicted molar refractivity (Wildman–Crippen MR) is 62.6 cm³/mol. The van der Waals surface area contributed by atoms with Gasteiger partial charge in [0.1, 0.15) is 0 Å². The van der Waals surface area contributed by atoms with E-state index in [0.29, 0.717) is 10.9 Å². The molecule has 1 amide bonds. The van der Waals surface area contributed by atoms with Crippen LogP contribution in [0.3, 0.4) is 0 Å². The van der Waals surface area contributed by atoms with Crippen LogP contribution < -0.4 is 34.5 Å². The SMILES string of the molecule is O=C(Cc1ccccc1)N(O)C/C=C/P(=O)([O-])O.[Na+]. The quantitative estimate of drug-likeness (QED) is 0.271. The zero-order valence-electron chi connectivity index (χ0n) is 10.5. The van der Waals surface area contributed by atoms with Crippen molar-refractivity contribution in [3.8, 4) is 0 Å². The van der Waals surface area contributed by atoms with E-state index in [2.05, 4.69) is 0 Å². The fraction of sp³-hybridized carbons (Fsp3) is 0.182. The third kappa shape index (κ3) is 8.34. The summed E-state index contributed by atoms with van der Waals surface area (Å²) in [4.78, 5) is 30.3. The van der Waals surface area contributed by atoms with Gasteiger partial charge in [0.2, 0.25) is 0 Å². The predicted octanol–water partition coefficient (Wildman–Crippen LogP) is -2.49. The van der Waals surface area contributed by atoms with Crippen LogP contribution in [-0.2, 0) is 15.8 Å². The molecule has 1 aromatic carbocycles. The molecule has 0 heterocycles. The van der Waals surface area contributed by atoms with Crippen LogP contribution in [0.15, 0.2) is 42.2 Å². The van der Waals surface area contributed by atoms with Crippen LogP contribution in [0.5, 0.6) is 0 Å². The topological polar surface area (TPSA) is 101 Å². The summed E-state index contributed by atoms with van der Waals surface area (Å²) in [6.07, 6.45) is 0.996. The number of hydrogen-bond donors (Lipinski definition) is 2. The number of nitrogens with zero attached hydrogens (tertiary/aromatic N) is 1. The van der Waals surface area contributed by atoms with E-state index in [0.717, 1.165) is 11.6 Å². The van der Waals surface area contributed by atoms with Crippen molar-refractivity contribution in [1.29, 1.82) is 0 Å². The summed E-state index contributed by atoms with van der Waals surface area (Å²) in [5.41, 5.74) is 0.738. The van der Waals surface area contributed by atoms with Crippen LogP contribution in [0.1, 0.15) is 5.56 Å². The molecule has 19 heavy (non-hydrogen) atoms. The molecule has 0 bridgehead atoms. The Morgan fingerprint density at radius 2 is 1.95 bits per heavy atom. The maximum Gasteiger partial charge on any atom is 1.00 e. The van der Waals surface area contributed by atoms with Gasteiger partial charge in [0.25, 0.3) is 5.91 Å². The van der Waals surface area contributed by atoms with Crippen LogP contribution in [0, 0.1) is 0 Å². The van der Waals surface area contributed by atoms with Crippen molar-refractivity contribution < 1.29 is 53.9 Å². The molecular formula is C11H13NNaO5P. The van der Waals surface area contributed by atoms with Gasteiger partial charge >= 0.3 is 29.6 Å². The van der Waals surface area contributed by atoms with Crippen LogP contribution in [-0.4, -0.2) is 27.6 Å². The van der Waals surface area contributed by atoms with E-state index >= 15 is 0 Å². The first-order chi connectivity index (χ1) is 8.38. The van der Waals surface area contributed by atoms with Gasteiger partial charge < -0.3 is 14.4 Å². The van der Waals surface area contributed by atoms with Gasteiger partial charge in [0.15, 0.2) is 7.60 Å². The minimum absolute atomic E-state index is 0. The van der Waals surface area contributed by atoms with Crippen molar-refractivity contribution in [2.45, 2.75) is 6.42 Å². The van der Waals surface area contributed by atoms with Gasteiger partial charge in [-0.25, -0.2) is 5.06 Å². The molecule has 0 aliphatic carbocycles. The molecule has 0 saturated carbocycles. The maximum atomic E-state index is 11.5. The average Bonchev–Trinajstić information content (AvgIpc) is 2.28. The van der Waals surface area contributed by atoms with Crippen LogP contribution in [0.2, 0.25) is 0 Å². The second-order valence-electron chi connectivity index (χ2n) is 3.59. The molecule has 6 nitrogen and oxygen atoms in total. The first-order valence-corrected chi connectivity index (χ1v) is 6.77. The first kappa shape index (κ1) is 18.5. The van der Waals surface area contributed by atoms with Crippen molar-refractivity contribution in [3.05, 3.63) is 47.8 Å². The Balaban J connectivity index is 0.00000324. The summed E-state index contributed by atoms with van der Waals surface area (Å²) in [5, 5.41) is 9.72. The Hall–Kier alpha value is -0.460. The van der Waals surface area contributed by atoms with Crippen molar-refractivity contribution in [2.24, 2.45) is 0 Å². The summed E-state index contributed by atoms with van der Waals surface area (Å²) in [7, 11) is -4.50. The van der Waals surface area contributed by atoms with Gasteiger partial charge in [-0.1, -0.05) is 36.4 Å². The molecular weight excluding hydrogens is 280 g/mol. The summed E-state index contributed by atoms with van der Waals surface area (Å²) >= 11 is 0. The number of benzene rings is 1. The Kier molecular flexibility index (Phi) is 8.45. The van der Waals surface area contributed by atoms with Gasteiger partial charge in [-0.05, 0) is 11.4 Å². The second kappa shape index (κ2) is 8.66. The molecule has 98 valence electrons. The molecule has 0 radical (unpaired) electrons. The minimum Gasteiger partial charge on any atom is -0.776 e. The van der Waals surface area contributed by atoms with Crippen LogP contribution in [0.4, 0.5) is 0 Å². The van der Waals surface area contributed by atoms with Crippen LogP contribution in [0.25, 0.3) is 0 Å². The maximum absolute atomic E-state index is 11.5. The summed E-state index contributed by atoms with van der Waals surface area (Å²) < 4.78 is 10.4. The van der Waals surface area contributed by atoms with Gasteiger partial charge in [-0.2, -0.15) is 0 Å². The standard InChI is InChI=1S/C11H14NO5P.Na/c13-11(9-10-5-2-1-3-6-10)12(14)7-4-8-18(15,16)17;/h1-6,8,14H,7,9H2,(H2,15,16,17);/q;+1/p-1/b8-4+;. The molecule has 1 atom stereocenters. The van der Waals surface area contributed by atoms with Crippen LogP contribution >= 0.6 is 7.60 Å². The second-order valence-corrected chi connectivity index (χ2v) is 5.01. The zero-order chi connectivity index (χ0) is 13.6. The van der Waals surface area contributed by atoms with E-state index in [1.807, 2.05) is 0 Å². The Bertz CT molecular complexity index is 473. The van der Waals surface area contributed by atoms with E-state index in [1.165, 1.54) is 0 Å². The number of hydroxylamine groups is 2. The molecule has 0 saturated heterocycles. The molecule has 0 spiro atoms.